The number of aliphatic imine (C=N–C) groups is 1. The summed E-state index contributed by atoms with van der Waals surface area (Å²) < 4.78 is 11.3. The van der Waals surface area contributed by atoms with Crippen LogP contribution in [0, 0.1) is 5.92 Å². The second kappa shape index (κ2) is 13.3. The molecule has 2 unspecified atom stereocenters. The first kappa shape index (κ1) is 23.5. The van der Waals surface area contributed by atoms with Crippen LogP contribution in [0.1, 0.15) is 38.2 Å². The zero-order valence-electron chi connectivity index (χ0n) is 18.9. The third-order valence-corrected chi connectivity index (χ3v) is 5.75. The highest BCUT2D eigenvalue weighted by Gasteiger charge is 2.29. The molecule has 2 saturated heterocycles. The molecule has 0 spiro atoms. The molecule has 2 atom stereocenters. The number of amides is 1. The van der Waals surface area contributed by atoms with E-state index in [9.17, 15) is 4.79 Å². The van der Waals surface area contributed by atoms with Gasteiger partial charge in [-0.2, -0.15) is 0 Å². The minimum Gasteiger partial charge on any atom is -0.379 e. The van der Waals surface area contributed by atoms with Crippen LogP contribution in [-0.4, -0.2) is 75.4 Å². The normalized spacial score (nSPS) is 21.6. The Balaban J connectivity index is 1.32. The van der Waals surface area contributed by atoms with E-state index in [0.717, 1.165) is 71.0 Å². The fourth-order valence-corrected chi connectivity index (χ4v) is 4.03. The molecule has 1 aromatic carbocycles. The maximum absolute atomic E-state index is 12.4. The average molecular weight is 431 g/mol. The number of hydrogen-bond donors (Lipinski definition) is 2. The van der Waals surface area contributed by atoms with Gasteiger partial charge in [0.15, 0.2) is 5.96 Å². The van der Waals surface area contributed by atoms with Crippen molar-refractivity contribution >= 4 is 11.9 Å². The molecule has 0 radical (unpaired) electrons. The SMILES string of the molecule is CCNC(=NCC1CC(=O)N(CCc2ccccc2)C1)NCCCOCC1CCCO1. The van der Waals surface area contributed by atoms with Crippen molar-refractivity contribution in [3.8, 4) is 0 Å². The minimum atomic E-state index is 0.248. The molecular formula is C24H38N4O3. The van der Waals surface area contributed by atoms with Gasteiger partial charge in [-0.05, 0) is 38.2 Å². The van der Waals surface area contributed by atoms with Crippen molar-refractivity contribution in [3.63, 3.8) is 0 Å². The molecule has 2 aliphatic rings. The quantitative estimate of drug-likeness (QED) is 0.302. The van der Waals surface area contributed by atoms with E-state index in [1.807, 2.05) is 23.1 Å². The number of benzene rings is 1. The van der Waals surface area contributed by atoms with E-state index in [1.165, 1.54) is 5.56 Å². The fourth-order valence-electron chi connectivity index (χ4n) is 4.03. The third-order valence-electron chi connectivity index (χ3n) is 5.75. The van der Waals surface area contributed by atoms with Crippen LogP contribution in [0.3, 0.4) is 0 Å². The van der Waals surface area contributed by atoms with Crippen LogP contribution in [0.4, 0.5) is 0 Å². The predicted molar refractivity (Wildman–Crippen MR) is 123 cm³/mol. The van der Waals surface area contributed by atoms with Crippen LogP contribution in [0.15, 0.2) is 35.3 Å². The summed E-state index contributed by atoms with van der Waals surface area (Å²) in [5, 5.41) is 6.66. The van der Waals surface area contributed by atoms with Crippen molar-refractivity contribution < 1.29 is 14.3 Å². The Morgan fingerprint density at radius 2 is 2.16 bits per heavy atom. The number of nitrogens with one attached hydrogen (secondary N) is 2. The molecule has 2 heterocycles. The molecule has 2 aliphatic heterocycles. The molecule has 7 nitrogen and oxygen atoms in total. The molecule has 31 heavy (non-hydrogen) atoms. The highest BCUT2D eigenvalue weighted by atomic mass is 16.5. The highest BCUT2D eigenvalue weighted by molar-refractivity contribution is 5.80. The van der Waals surface area contributed by atoms with Gasteiger partial charge in [0.25, 0.3) is 0 Å². The maximum atomic E-state index is 12.4. The van der Waals surface area contributed by atoms with E-state index in [0.29, 0.717) is 19.6 Å². The second-order valence-corrected chi connectivity index (χ2v) is 8.36. The van der Waals surface area contributed by atoms with Gasteiger partial charge < -0.3 is 25.0 Å². The number of rotatable bonds is 12. The number of guanidine groups is 1. The lowest BCUT2D eigenvalue weighted by Crippen LogP contribution is -2.38. The van der Waals surface area contributed by atoms with Gasteiger partial charge in [-0.1, -0.05) is 30.3 Å². The van der Waals surface area contributed by atoms with Gasteiger partial charge >= 0.3 is 0 Å². The lowest BCUT2D eigenvalue weighted by Gasteiger charge is -2.16. The summed E-state index contributed by atoms with van der Waals surface area (Å²) in [5.41, 5.74) is 1.27. The van der Waals surface area contributed by atoms with Crippen molar-refractivity contribution in [2.75, 3.05) is 52.5 Å². The van der Waals surface area contributed by atoms with E-state index >= 15 is 0 Å². The minimum absolute atomic E-state index is 0.248. The van der Waals surface area contributed by atoms with Crippen molar-refractivity contribution in [1.29, 1.82) is 0 Å². The molecule has 0 saturated carbocycles. The summed E-state index contributed by atoms with van der Waals surface area (Å²) in [7, 11) is 0. The van der Waals surface area contributed by atoms with Gasteiger partial charge in [-0.15, -0.1) is 0 Å². The zero-order valence-corrected chi connectivity index (χ0v) is 18.9. The molecule has 0 bridgehead atoms. The van der Waals surface area contributed by atoms with Gasteiger partial charge in [0.1, 0.15) is 0 Å². The molecule has 0 aliphatic carbocycles. The Kier molecular flexibility index (Phi) is 10.1. The van der Waals surface area contributed by atoms with E-state index in [-0.39, 0.29) is 17.9 Å². The standard InChI is InChI=1S/C24H38N4O3/c1-2-25-24(26-12-7-14-30-19-22-10-6-15-31-22)27-17-21-16-23(29)28(18-21)13-11-20-8-4-3-5-9-20/h3-5,8-9,21-22H,2,6-7,10-19H2,1H3,(H2,25,26,27). The summed E-state index contributed by atoms with van der Waals surface area (Å²) >= 11 is 0. The van der Waals surface area contributed by atoms with Gasteiger partial charge in [0.05, 0.1) is 12.7 Å². The van der Waals surface area contributed by atoms with Crippen LogP contribution in [-0.2, 0) is 20.7 Å². The third kappa shape index (κ3) is 8.50. The number of nitrogens with zero attached hydrogens (tertiary/aromatic N) is 2. The lowest BCUT2D eigenvalue weighted by molar-refractivity contribution is -0.127. The van der Waals surface area contributed by atoms with E-state index in [1.54, 1.807) is 0 Å². The van der Waals surface area contributed by atoms with Gasteiger partial charge in [-0.3, -0.25) is 9.79 Å². The van der Waals surface area contributed by atoms with Crippen molar-refractivity contribution in [2.24, 2.45) is 10.9 Å². The Hall–Kier alpha value is -2.12. The Morgan fingerprint density at radius 1 is 1.29 bits per heavy atom. The van der Waals surface area contributed by atoms with Crippen LogP contribution in [0.2, 0.25) is 0 Å². The molecule has 7 heteroatoms. The van der Waals surface area contributed by atoms with Gasteiger partial charge in [0.2, 0.25) is 5.91 Å². The topological polar surface area (TPSA) is 75.2 Å². The van der Waals surface area contributed by atoms with E-state index in [4.69, 9.17) is 14.5 Å². The van der Waals surface area contributed by atoms with Gasteiger partial charge in [0, 0.05) is 58.3 Å². The number of ether oxygens (including phenoxy) is 2. The first-order chi connectivity index (χ1) is 15.2. The largest absolute Gasteiger partial charge is 0.379 e. The first-order valence-corrected chi connectivity index (χ1v) is 11.8. The Bertz CT molecular complexity index is 677. The first-order valence-electron chi connectivity index (χ1n) is 11.8. The molecule has 1 aromatic rings. The molecule has 2 N–H and O–H groups in total. The molecular weight excluding hydrogens is 392 g/mol. The Morgan fingerprint density at radius 3 is 2.94 bits per heavy atom. The zero-order chi connectivity index (χ0) is 21.7. The summed E-state index contributed by atoms with van der Waals surface area (Å²) in [6.07, 6.45) is 4.97. The summed E-state index contributed by atoms with van der Waals surface area (Å²) in [6.45, 7) is 8.22. The number of carbonyl (C=O) groups excluding carboxylic acids is 1. The number of hydrogen-bond acceptors (Lipinski definition) is 4. The highest BCUT2D eigenvalue weighted by Crippen LogP contribution is 2.18. The molecule has 3 rings (SSSR count). The molecule has 0 aromatic heterocycles. The summed E-state index contributed by atoms with van der Waals surface area (Å²) in [5.74, 6) is 1.35. The predicted octanol–water partition coefficient (Wildman–Crippen LogP) is 2.22. The lowest BCUT2D eigenvalue weighted by atomic mass is 10.1. The van der Waals surface area contributed by atoms with Crippen LogP contribution in [0.5, 0.6) is 0 Å². The van der Waals surface area contributed by atoms with Crippen molar-refractivity contribution in [2.45, 2.75) is 45.1 Å². The van der Waals surface area contributed by atoms with Crippen LogP contribution in [0.25, 0.3) is 0 Å². The second-order valence-electron chi connectivity index (χ2n) is 8.36. The maximum Gasteiger partial charge on any atom is 0.223 e. The molecule has 172 valence electrons. The van der Waals surface area contributed by atoms with Crippen LogP contribution >= 0.6 is 0 Å². The van der Waals surface area contributed by atoms with Crippen molar-refractivity contribution in [1.82, 2.24) is 15.5 Å². The molecule has 1 amide bonds. The smallest absolute Gasteiger partial charge is 0.223 e. The van der Waals surface area contributed by atoms with E-state index < -0.39 is 0 Å². The van der Waals surface area contributed by atoms with Crippen LogP contribution < -0.4 is 10.6 Å². The summed E-state index contributed by atoms with van der Waals surface area (Å²) in [6, 6.07) is 10.3. The molecule has 2 fully saturated rings. The van der Waals surface area contributed by atoms with E-state index in [2.05, 4.69) is 29.7 Å². The van der Waals surface area contributed by atoms with Crippen molar-refractivity contribution in [3.05, 3.63) is 35.9 Å². The number of likely N-dealkylation sites (tertiary alicyclic amines) is 1. The van der Waals surface area contributed by atoms with Gasteiger partial charge in [-0.25, -0.2) is 0 Å². The monoisotopic (exact) mass is 430 g/mol. The fraction of sp³-hybridized carbons (Fsp3) is 0.667. The number of carbonyl (C=O) groups is 1. The summed E-state index contributed by atoms with van der Waals surface area (Å²) in [4.78, 5) is 19.1. The average Bonchev–Trinajstić information content (AvgIpc) is 3.43. The Labute approximate surface area is 186 Å².